The molecule has 1 aromatic heterocycles. The number of nitrogens with one attached hydrogen (secondary N) is 1. The van der Waals surface area contributed by atoms with Crippen molar-refractivity contribution in [1.82, 2.24) is 10.3 Å². The molecule has 0 aromatic carbocycles. The van der Waals surface area contributed by atoms with Crippen LogP contribution < -0.4 is 11.1 Å². The van der Waals surface area contributed by atoms with E-state index in [0.717, 1.165) is 0 Å². The molecule has 0 bridgehead atoms. The summed E-state index contributed by atoms with van der Waals surface area (Å²) in [5, 5.41) is 2.60. The fourth-order valence-corrected chi connectivity index (χ4v) is 0.843. The first-order valence-corrected chi connectivity index (χ1v) is 4.13. The summed E-state index contributed by atoms with van der Waals surface area (Å²) in [6.45, 7) is 2.05. The molecule has 0 saturated carbocycles. The molecule has 0 saturated heterocycles. The summed E-state index contributed by atoms with van der Waals surface area (Å²) in [6, 6.07) is 3.21. The Morgan fingerprint density at radius 1 is 1.64 bits per heavy atom. The van der Waals surface area contributed by atoms with Crippen molar-refractivity contribution in [2.24, 2.45) is 0 Å². The molecule has 0 fully saturated rings. The first-order valence-electron chi connectivity index (χ1n) is 4.13. The Morgan fingerprint density at radius 3 is 3.00 bits per heavy atom. The molecule has 0 unspecified atom stereocenters. The van der Waals surface area contributed by atoms with Gasteiger partial charge in [-0.25, -0.2) is 4.98 Å². The van der Waals surface area contributed by atoms with Crippen molar-refractivity contribution in [1.29, 1.82) is 0 Å². The van der Waals surface area contributed by atoms with Gasteiger partial charge in [0, 0.05) is 0 Å². The summed E-state index contributed by atoms with van der Waals surface area (Å²) in [5.74, 6) is 5.16. The molecule has 1 heterocycles. The maximum Gasteiger partial charge on any atom is 0.270 e. The molecule has 1 amide bonds. The van der Waals surface area contributed by atoms with Crippen LogP contribution in [0.5, 0.6) is 0 Å². The number of carbonyl (C=O) groups is 1. The average molecular weight is 189 g/mol. The predicted molar refractivity (Wildman–Crippen MR) is 54.4 cm³/mol. The largest absolute Gasteiger partial charge is 0.397 e. The summed E-state index contributed by atoms with van der Waals surface area (Å²) in [6.07, 6.45) is 1.44. The second-order valence-corrected chi connectivity index (χ2v) is 2.59. The molecule has 4 heteroatoms. The summed E-state index contributed by atoms with van der Waals surface area (Å²) in [7, 11) is 0. The number of pyridine rings is 1. The first-order chi connectivity index (χ1) is 6.74. The van der Waals surface area contributed by atoms with Gasteiger partial charge in [0.25, 0.3) is 5.91 Å². The lowest BCUT2D eigenvalue weighted by Crippen LogP contribution is -2.24. The van der Waals surface area contributed by atoms with Gasteiger partial charge in [0.15, 0.2) is 0 Å². The van der Waals surface area contributed by atoms with Crippen molar-refractivity contribution in [3.8, 4) is 11.8 Å². The van der Waals surface area contributed by atoms with Gasteiger partial charge in [0.05, 0.1) is 18.4 Å². The highest BCUT2D eigenvalue weighted by molar-refractivity contribution is 5.92. The van der Waals surface area contributed by atoms with Crippen molar-refractivity contribution in [3.05, 3.63) is 24.0 Å². The third-order valence-electron chi connectivity index (χ3n) is 1.53. The van der Waals surface area contributed by atoms with Gasteiger partial charge < -0.3 is 11.1 Å². The highest BCUT2D eigenvalue weighted by Gasteiger charge is 2.04. The highest BCUT2D eigenvalue weighted by Crippen LogP contribution is 2.00. The molecule has 0 aliphatic carbocycles. The molecular formula is C10H11N3O. The summed E-state index contributed by atoms with van der Waals surface area (Å²) in [4.78, 5) is 15.2. The Balaban J connectivity index is 2.59. The maximum atomic E-state index is 11.3. The summed E-state index contributed by atoms with van der Waals surface area (Å²) >= 11 is 0. The van der Waals surface area contributed by atoms with Crippen LogP contribution in [0.3, 0.4) is 0 Å². The monoisotopic (exact) mass is 189 g/mol. The second kappa shape index (κ2) is 4.87. The molecule has 14 heavy (non-hydrogen) atoms. The molecule has 1 aromatic rings. The second-order valence-electron chi connectivity index (χ2n) is 2.59. The van der Waals surface area contributed by atoms with Crippen molar-refractivity contribution in [3.63, 3.8) is 0 Å². The fraction of sp³-hybridized carbons (Fsp3) is 0.200. The molecule has 0 spiro atoms. The van der Waals surface area contributed by atoms with E-state index in [-0.39, 0.29) is 5.91 Å². The lowest BCUT2D eigenvalue weighted by molar-refractivity contribution is 0.0954. The predicted octanol–water partition coefficient (Wildman–Crippen LogP) is 0.417. The van der Waals surface area contributed by atoms with Gasteiger partial charge in [-0.1, -0.05) is 5.92 Å². The first kappa shape index (κ1) is 10.1. The number of amides is 1. The van der Waals surface area contributed by atoms with E-state index < -0.39 is 0 Å². The number of nitrogens with zero attached hydrogens (tertiary/aromatic N) is 1. The Bertz CT molecular complexity index is 373. The van der Waals surface area contributed by atoms with Crippen molar-refractivity contribution < 1.29 is 4.79 Å². The Labute approximate surface area is 82.5 Å². The number of aromatic nitrogens is 1. The molecule has 0 aliphatic heterocycles. The number of hydrogen-bond acceptors (Lipinski definition) is 3. The average Bonchev–Trinajstić information content (AvgIpc) is 2.19. The van der Waals surface area contributed by atoms with Crippen LogP contribution >= 0.6 is 0 Å². The van der Waals surface area contributed by atoms with Crippen LogP contribution in [-0.4, -0.2) is 17.4 Å². The smallest absolute Gasteiger partial charge is 0.270 e. The minimum atomic E-state index is -0.243. The van der Waals surface area contributed by atoms with E-state index in [0.29, 0.717) is 17.9 Å². The normalized spacial score (nSPS) is 8.64. The summed E-state index contributed by atoms with van der Waals surface area (Å²) < 4.78 is 0. The number of nitrogens with two attached hydrogens (primary N) is 1. The molecule has 0 atom stereocenters. The minimum absolute atomic E-state index is 0.243. The van der Waals surface area contributed by atoms with Crippen molar-refractivity contribution in [2.45, 2.75) is 6.92 Å². The van der Waals surface area contributed by atoms with E-state index in [1.165, 1.54) is 6.20 Å². The SMILES string of the molecule is CC#CCNC(=O)c1ccc(N)cn1. The van der Waals surface area contributed by atoms with E-state index in [4.69, 9.17) is 5.73 Å². The molecule has 72 valence electrons. The molecule has 3 N–H and O–H groups in total. The van der Waals surface area contributed by atoms with Crippen LogP contribution in [-0.2, 0) is 0 Å². The Morgan fingerprint density at radius 2 is 2.43 bits per heavy atom. The van der Waals surface area contributed by atoms with Crippen LogP contribution in [0.25, 0.3) is 0 Å². The van der Waals surface area contributed by atoms with E-state index in [1.54, 1.807) is 19.1 Å². The van der Waals surface area contributed by atoms with E-state index in [2.05, 4.69) is 22.1 Å². The van der Waals surface area contributed by atoms with Crippen LogP contribution in [0.1, 0.15) is 17.4 Å². The number of nitrogen functional groups attached to an aromatic ring is 1. The zero-order valence-corrected chi connectivity index (χ0v) is 7.87. The highest BCUT2D eigenvalue weighted by atomic mass is 16.1. The third kappa shape index (κ3) is 2.79. The van der Waals surface area contributed by atoms with E-state index in [1.807, 2.05) is 0 Å². The van der Waals surface area contributed by atoms with Gasteiger partial charge in [0.2, 0.25) is 0 Å². The van der Waals surface area contributed by atoms with E-state index in [9.17, 15) is 4.79 Å². The van der Waals surface area contributed by atoms with Gasteiger partial charge in [-0.15, -0.1) is 5.92 Å². The van der Waals surface area contributed by atoms with Gasteiger partial charge in [0.1, 0.15) is 5.69 Å². The van der Waals surface area contributed by atoms with Crippen LogP contribution in [0.4, 0.5) is 5.69 Å². The van der Waals surface area contributed by atoms with Crippen molar-refractivity contribution >= 4 is 11.6 Å². The Kier molecular flexibility index (Phi) is 3.50. The molecule has 0 aliphatic rings. The van der Waals surface area contributed by atoms with Gasteiger partial charge in [-0.3, -0.25) is 4.79 Å². The molecular weight excluding hydrogens is 178 g/mol. The number of hydrogen-bond donors (Lipinski definition) is 2. The van der Waals surface area contributed by atoms with Crippen LogP contribution in [0.2, 0.25) is 0 Å². The lowest BCUT2D eigenvalue weighted by atomic mass is 10.3. The zero-order valence-electron chi connectivity index (χ0n) is 7.87. The maximum absolute atomic E-state index is 11.3. The third-order valence-corrected chi connectivity index (χ3v) is 1.53. The molecule has 1 rings (SSSR count). The standard InChI is InChI=1S/C10H11N3O/c1-2-3-6-12-10(14)9-5-4-8(11)7-13-9/h4-5,7H,6,11H2,1H3,(H,12,14). The Hall–Kier alpha value is -2.02. The van der Waals surface area contributed by atoms with Crippen LogP contribution in [0.15, 0.2) is 18.3 Å². The topological polar surface area (TPSA) is 68.0 Å². The fourth-order valence-electron chi connectivity index (χ4n) is 0.843. The van der Waals surface area contributed by atoms with Crippen LogP contribution in [0, 0.1) is 11.8 Å². The van der Waals surface area contributed by atoms with Gasteiger partial charge in [-0.05, 0) is 19.1 Å². The van der Waals surface area contributed by atoms with E-state index >= 15 is 0 Å². The van der Waals surface area contributed by atoms with Crippen molar-refractivity contribution in [2.75, 3.05) is 12.3 Å². The number of anilines is 1. The quantitative estimate of drug-likeness (QED) is 0.662. The summed E-state index contributed by atoms with van der Waals surface area (Å²) in [5.41, 5.74) is 6.31. The minimum Gasteiger partial charge on any atom is -0.397 e. The van der Waals surface area contributed by atoms with Gasteiger partial charge in [-0.2, -0.15) is 0 Å². The molecule has 4 nitrogen and oxygen atoms in total. The zero-order chi connectivity index (χ0) is 10.4. The van der Waals surface area contributed by atoms with Gasteiger partial charge >= 0.3 is 0 Å². The number of rotatable bonds is 2. The molecule has 0 radical (unpaired) electrons. The number of carbonyl (C=O) groups excluding carboxylic acids is 1. The lowest BCUT2D eigenvalue weighted by Gasteiger charge is -2.00.